The van der Waals surface area contributed by atoms with Gasteiger partial charge in [-0.15, -0.1) is 0 Å². The van der Waals surface area contributed by atoms with E-state index in [1.54, 1.807) is 0 Å². The molecule has 0 saturated carbocycles. The SMILES string of the molecule is CC(=O)Oc1ccc(-c2oc3cc(O)cc(O)c3c(=O)c2OC2OC(CO)C(O)C(O)C2O)cc1. The maximum Gasteiger partial charge on any atom is 0.308 e. The molecule has 12 nitrogen and oxygen atoms in total. The highest BCUT2D eigenvalue weighted by atomic mass is 16.7. The van der Waals surface area contributed by atoms with Gasteiger partial charge in [-0.25, -0.2) is 0 Å². The van der Waals surface area contributed by atoms with E-state index in [1.807, 2.05) is 0 Å². The predicted molar refractivity (Wildman–Crippen MR) is 117 cm³/mol. The molecule has 4 rings (SSSR count). The zero-order valence-electron chi connectivity index (χ0n) is 18.2. The van der Waals surface area contributed by atoms with E-state index in [-0.39, 0.29) is 33.8 Å². The average molecular weight is 490 g/mol. The van der Waals surface area contributed by atoms with E-state index in [2.05, 4.69) is 0 Å². The van der Waals surface area contributed by atoms with Gasteiger partial charge in [0, 0.05) is 24.6 Å². The summed E-state index contributed by atoms with van der Waals surface area (Å²) in [4.78, 5) is 24.5. The van der Waals surface area contributed by atoms with E-state index in [1.165, 1.54) is 31.2 Å². The molecule has 5 atom stereocenters. The Balaban J connectivity index is 1.85. The summed E-state index contributed by atoms with van der Waals surface area (Å²) >= 11 is 0. The molecule has 5 unspecified atom stereocenters. The number of aliphatic hydroxyl groups excluding tert-OH is 4. The largest absolute Gasteiger partial charge is 0.508 e. The van der Waals surface area contributed by atoms with Crippen LogP contribution in [0.2, 0.25) is 0 Å². The normalized spacial score (nSPS) is 24.3. The van der Waals surface area contributed by atoms with Gasteiger partial charge in [0.25, 0.3) is 0 Å². The summed E-state index contributed by atoms with van der Waals surface area (Å²) in [7, 11) is 0. The first-order valence-electron chi connectivity index (χ1n) is 10.4. The van der Waals surface area contributed by atoms with Crippen molar-refractivity contribution in [2.45, 2.75) is 37.6 Å². The van der Waals surface area contributed by atoms with E-state index < -0.39 is 60.2 Å². The van der Waals surface area contributed by atoms with Crippen molar-refractivity contribution in [1.29, 1.82) is 0 Å². The van der Waals surface area contributed by atoms with E-state index in [4.69, 9.17) is 18.6 Å². The Labute approximate surface area is 196 Å². The molecule has 0 spiro atoms. The third-order valence-corrected chi connectivity index (χ3v) is 5.38. The standard InChI is InChI=1S/C23H22O12/c1-9(25)32-12-4-2-10(3-5-12)21-22(18(29)16-13(27)6-11(26)7-14(16)33-21)35-23-20(31)19(30)17(28)15(8-24)34-23/h2-7,15,17,19-20,23-24,26-28,30-31H,8H2,1H3. The number of aromatic hydroxyl groups is 2. The minimum absolute atomic E-state index is 0.187. The Bertz CT molecular complexity index is 1300. The van der Waals surface area contributed by atoms with Crippen LogP contribution in [0.5, 0.6) is 23.0 Å². The van der Waals surface area contributed by atoms with Gasteiger partial charge >= 0.3 is 5.97 Å². The van der Waals surface area contributed by atoms with Crippen LogP contribution in [-0.2, 0) is 9.53 Å². The lowest BCUT2D eigenvalue weighted by molar-refractivity contribution is -0.277. The van der Waals surface area contributed by atoms with Crippen molar-refractivity contribution in [3.8, 4) is 34.3 Å². The minimum atomic E-state index is -1.82. The van der Waals surface area contributed by atoms with Crippen LogP contribution in [0.1, 0.15) is 6.92 Å². The van der Waals surface area contributed by atoms with Crippen LogP contribution in [0.4, 0.5) is 0 Å². The lowest BCUT2D eigenvalue weighted by Crippen LogP contribution is -2.60. The van der Waals surface area contributed by atoms with E-state index in [0.29, 0.717) is 0 Å². The van der Waals surface area contributed by atoms with E-state index >= 15 is 0 Å². The van der Waals surface area contributed by atoms with Crippen LogP contribution in [0.15, 0.2) is 45.6 Å². The second kappa shape index (κ2) is 9.52. The smallest absolute Gasteiger partial charge is 0.308 e. The molecule has 0 aliphatic carbocycles. The molecule has 35 heavy (non-hydrogen) atoms. The Hall–Kier alpha value is -3.68. The number of carbonyl (C=O) groups excluding carboxylic acids is 1. The lowest BCUT2D eigenvalue weighted by Gasteiger charge is -2.39. The van der Waals surface area contributed by atoms with Crippen LogP contribution in [0.3, 0.4) is 0 Å². The molecule has 1 aliphatic heterocycles. The highest BCUT2D eigenvalue weighted by molar-refractivity contribution is 5.88. The molecular weight excluding hydrogens is 468 g/mol. The van der Waals surface area contributed by atoms with Crippen LogP contribution in [-0.4, -0.2) is 73.9 Å². The zero-order valence-corrected chi connectivity index (χ0v) is 18.2. The predicted octanol–water partition coefficient (Wildman–Crippen LogP) is -0.0248. The van der Waals surface area contributed by atoms with Crippen molar-refractivity contribution in [3.05, 3.63) is 46.6 Å². The fourth-order valence-corrected chi connectivity index (χ4v) is 3.69. The summed E-state index contributed by atoms with van der Waals surface area (Å²) in [5.41, 5.74) is -0.852. The van der Waals surface area contributed by atoms with E-state index in [0.717, 1.165) is 12.1 Å². The molecule has 1 fully saturated rings. The zero-order chi connectivity index (χ0) is 25.4. The molecule has 1 aromatic heterocycles. The molecule has 3 aromatic rings. The average Bonchev–Trinajstić information content (AvgIpc) is 2.80. The van der Waals surface area contributed by atoms with Gasteiger partial charge in [-0.2, -0.15) is 0 Å². The molecule has 186 valence electrons. The fraction of sp³-hybridized carbons (Fsp3) is 0.304. The van der Waals surface area contributed by atoms with Gasteiger partial charge in [0.05, 0.1) is 6.61 Å². The van der Waals surface area contributed by atoms with Gasteiger partial charge in [-0.1, -0.05) is 0 Å². The first-order chi connectivity index (χ1) is 16.6. The molecule has 0 bridgehead atoms. The molecule has 0 radical (unpaired) electrons. The van der Waals surface area contributed by atoms with Crippen molar-refractivity contribution >= 4 is 16.9 Å². The molecule has 6 N–H and O–H groups in total. The number of phenolic OH excluding ortho intramolecular Hbond substituents is 2. The Kier molecular flexibility index (Phi) is 6.65. The lowest BCUT2D eigenvalue weighted by atomic mass is 9.99. The van der Waals surface area contributed by atoms with Crippen LogP contribution < -0.4 is 14.9 Å². The van der Waals surface area contributed by atoms with Crippen molar-refractivity contribution in [2.24, 2.45) is 0 Å². The molecule has 12 heteroatoms. The van der Waals surface area contributed by atoms with Gasteiger partial charge in [0.15, 0.2) is 5.76 Å². The maximum absolute atomic E-state index is 13.4. The number of benzene rings is 2. The summed E-state index contributed by atoms with van der Waals surface area (Å²) in [5.74, 6) is -2.08. The summed E-state index contributed by atoms with van der Waals surface area (Å²) in [6.45, 7) is 0.503. The highest BCUT2D eigenvalue weighted by Crippen LogP contribution is 2.37. The Morgan fingerprint density at radius 1 is 1.03 bits per heavy atom. The molecule has 0 amide bonds. The van der Waals surface area contributed by atoms with Crippen molar-refractivity contribution < 1.29 is 54.1 Å². The number of carbonyl (C=O) groups is 1. The van der Waals surface area contributed by atoms with Gasteiger partial charge in [-0.3, -0.25) is 9.59 Å². The van der Waals surface area contributed by atoms with Crippen molar-refractivity contribution in [2.75, 3.05) is 6.61 Å². The molecule has 2 aromatic carbocycles. The number of ether oxygens (including phenoxy) is 3. The molecule has 1 saturated heterocycles. The molecular formula is C23H22O12. The highest BCUT2D eigenvalue weighted by Gasteiger charge is 2.45. The minimum Gasteiger partial charge on any atom is -0.508 e. The maximum atomic E-state index is 13.4. The van der Waals surface area contributed by atoms with Crippen LogP contribution in [0.25, 0.3) is 22.3 Å². The van der Waals surface area contributed by atoms with E-state index in [9.17, 15) is 40.2 Å². The summed E-state index contributed by atoms with van der Waals surface area (Å²) < 4.78 is 21.7. The summed E-state index contributed by atoms with van der Waals surface area (Å²) in [5, 5.41) is 59.6. The summed E-state index contributed by atoms with van der Waals surface area (Å²) in [6.07, 6.45) is -8.26. The number of aliphatic hydroxyl groups is 4. The Morgan fingerprint density at radius 3 is 2.34 bits per heavy atom. The number of rotatable bonds is 5. The van der Waals surface area contributed by atoms with Crippen molar-refractivity contribution in [3.63, 3.8) is 0 Å². The molecule has 1 aliphatic rings. The molecule has 2 heterocycles. The topological polar surface area (TPSA) is 196 Å². The second-order valence-electron chi connectivity index (χ2n) is 7.86. The second-order valence-corrected chi connectivity index (χ2v) is 7.86. The van der Waals surface area contributed by atoms with Crippen LogP contribution in [0, 0.1) is 0 Å². The fourth-order valence-electron chi connectivity index (χ4n) is 3.69. The first kappa shape index (κ1) is 24.4. The van der Waals surface area contributed by atoms with Crippen LogP contribution >= 0.6 is 0 Å². The van der Waals surface area contributed by atoms with Gasteiger partial charge in [0.2, 0.25) is 17.5 Å². The quantitative estimate of drug-likeness (QED) is 0.207. The number of esters is 1. The van der Waals surface area contributed by atoms with Crippen molar-refractivity contribution in [1.82, 2.24) is 0 Å². The Morgan fingerprint density at radius 2 is 1.71 bits per heavy atom. The third-order valence-electron chi connectivity index (χ3n) is 5.38. The monoisotopic (exact) mass is 490 g/mol. The number of fused-ring (bicyclic) bond motifs is 1. The number of hydrogen-bond acceptors (Lipinski definition) is 12. The number of hydrogen-bond donors (Lipinski definition) is 6. The number of phenols is 2. The van der Waals surface area contributed by atoms with Gasteiger partial charge in [-0.05, 0) is 24.3 Å². The van der Waals surface area contributed by atoms with Gasteiger partial charge in [0.1, 0.15) is 52.6 Å². The summed E-state index contributed by atoms with van der Waals surface area (Å²) in [6, 6.07) is 7.72. The third kappa shape index (κ3) is 4.65. The van der Waals surface area contributed by atoms with Gasteiger partial charge < -0.3 is 49.3 Å². The first-order valence-corrected chi connectivity index (χ1v) is 10.4.